The number of hydrogen-bond donors (Lipinski definition) is 1. The van der Waals surface area contributed by atoms with Crippen molar-refractivity contribution in [2.75, 3.05) is 12.4 Å². The molecule has 0 bridgehead atoms. The van der Waals surface area contributed by atoms with Crippen LogP contribution in [0.1, 0.15) is 41.5 Å². The molecule has 0 saturated carbocycles. The second-order valence-electron chi connectivity index (χ2n) is 8.02. The topological polar surface area (TPSA) is 12.0 Å². The highest BCUT2D eigenvalue weighted by molar-refractivity contribution is 7.68. The van der Waals surface area contributed by atoms with E-state index in [0.29, 0.717) is 0 Å². The molecule has 0 aliphatic heterocycles. The lowest BCUT2D eigenvalue weighted by Crippen LogP contribution is -2.31. The van der Waals surface area contributed by atoms with Gasteiger partial charge < -0.3 is 5.32 Å². The van der Waals surface area contributed by atoms with E-state index >= 15 is 0 Å². The van der Waals surface area contributed by atoms with Crippen LogP contribution in [0.3, 0.4) is 0 Å². The van der Waals surface area contributed by atoms with Crippen LogP contribution in [0.2, 0.25) is 0 Å². The lowest BCUT2D eigenvalue weighted by molar-refractivity contribution is 0.715. The van der Waals surface area contributed by atoms with Crippen molar-refractivity contribution in [2.24, 2.45) is 0 Å². The standard InChI is InChI=1S/C21H30NP/c1-20(2,3)23(21(4,5)6)19-11-9-8-10-18(19)16-12-14-17(22-7)15-13-16/h8-15,22H,1-7H3. The summed E-state index contributed by atoms with van der Waals surface area (Å²) in [6.45, 7) is 14.3. The molecular formula is C21H30NP. The van der Waals surface area contributed by atoms with Crippen LogP contribution in [0, 0.1) is 0 Å². The molecular weight excluding hydrogens is 297 g/mol. The molecule has 0 saturated heterocycles. The molecule has 2 rings (SSSR count). The van der Waals surface area contributed by atoms with E-state index in [1.54, 1.807) is 0 Å². The summed E-state index contributed by atoms with van der Waals surface area (Å²) in [5, 5.41) is 5.25. The van der Waals surface area contributed by atoms with E-state index in [2.05, 4.69) is 95.4 Å². The van der Waals surface area contributed by atoms with Crippen molar-refractivity contribution in [3.05, 3.63) is 48.5 Å². The Morgan fingerprint density at radius 1 is 0.739 bits per heavy atom. The first kappa shape index (κ1) is 18.0. The lowest BCUT2D eigenvalue weighted by Gasteiger charge is -2.42. The van der Waals surface area contributed by atoms with Crippen molar-refractivity contribution in [2.45, 2.75) is 51.9 Å². The second-order valence-corrected chi connectivity index (χ2v) is 11.9. The van der Waals surface area contributed by atoms with Gasteiger partial charge in [0.1, 0.15) is 0 Å². The van der Waals surface area contributed by atoms with Crippen molar-refractivity contribution in [1.29, 1.82) is 0 Å². The Hall–Kier alpha value is -1.33. The van der Waals surface area contributed by atoms with Gasteiger partial charge >= 0.3 is 0 Å². The normalized spacial score (nSPS) is 12.5. The second kappa shape index (κ2) is 6.65. The Morgan fingerprint density at radius 2 is 1.26 bits per heavy atom. The first-order valence-corrected chi connectivity index (χ1v) is 9.66. The van der Waals surface area contributed by atoms with E-state index in [-0.39, 0.29) is 18.2 Å². The molecule has 0 aliphatic carbocycles. The van der Waals surface area contributed by atoms with E-state index in [0.717, 1.165) is 5.69 Å². The maximum Gasteiger partial charge on any atom is 0.0337 e. The SMILES string of the molecule is CNc1ccc(-c2ccccc2P(C(C)(C)C)C(C)(C)C)cc1. The van der Waals surface area contributed by atoms with Crippen LogP contribution in [0.5, 0.6) is 0 Å². The zero-order valence-electron chi connectivity index (χ0n) is 15.6. The van der Waals surface area contributed by atoms with Gasteiger partial charge in [0.15, 0.2) is 0 Å². The van der Waals surface area contributed by atoms with Gasteiger partial charge in [-0.3, -0.25) is 0 Å². The fourth-order valence-electron chi connectivity index (χ4n) is 3.46. The maximum atomic E-state index is 3.20. The van der Waals surface area contributed by atoms with Crippen LogP contribution < -0.4 is 10.6 Å². The quantitative estimate of drug-likeness (QED) is 0.672. The average Bonchev–Trinajstić information content (AvgIpc) is 2.45. The molecule has 1 nitrogen and oxygen atoms in total. The van der Waals surface area contributed by atoms with Crippen molar-refractivity contribution < 1.29 is 0 Å². The van der Waals surface area contributed by atoms with E-state index < -0.39 is 0 Å². The molecule has 0 fully saturated rings. The van der Waals surface area contributed by atoms with E-state index in [9.17, 15) is 0 Å². The molecule has 0 spiro atoms. The minimum Gasteiger partial charge on any atom is -0.388 e. The minimum absolute atomic E-state index is 0.272. The lowest BCUT2D eigenvalue weighted by atomic mass is 10.1. The van der Waals surface area contributed by atoms with Gasteiger partial charge in [-0.2, -0.15) is 0 Å². The molecule has 1 N–H and O–H groups in total. The summed E-state index contributed by atoms with van der Waals surface area (Å²) in [7, 11) is 1.65. The Balaban J connectivity index is 2.59. The van der Waals surface area contributed by atoms with E-state index in [1.807, 2.05) is 7.05 Å². The summed E-state index contributed by atoms with van der Waals surface area (Å²) in [4.78, 5) is 0. The molecule has 0 heterocycles. The van der Waals surface area contributed by atoms with Gasteiger partial charge in [0, 0.05) is 12.7 Å². The first-order valence-electron chi connectivity index (χ1n) is 8.32. The fraction of sp³-hybridized carbons (Fsp3) is 0.429. The number of nitrogens with one attached hydrogen (secondary N) is 1. The van der Waals surface area contributed by atoms with Crippen LogP contribution in [-0.4, -0.2) is 17.4 Å². The molecule has 2 heteroatoms. The summed E-state index contributed by atoms with van der Waals surface area (Å²) in [5.41, 5.74) is 3.84. The van der Waals surface area contributed by atoms with Gasteiger partial charge in [-0.1, -0.05) is 85.9 Å². The Bertz CT molecular complexity index is 631. The maximum absolute atomic E-state index is 3.20. The summed E-state index contributed by atoms with van der Waals surface area (Å²) in [5.74, 6) is 0. The summed E-state index contributed by atoms with van der Waals surface area (Å²) >= 11 is 0. The molecule has 0 unspecified atom stereocenters. The smallest absolute Gasteiger partial charge is 0.0337 e. The highest BCUT2D eigenvalue weighted by Gasteiger charge is 2.36. The number of anilines is 1. The molecule has 0 amide bonds. The van der Waals surface area contributed by atoms with Crippen molar-refractivity contribution in [3.8, 4) is 11.1 Å². The third-order valence-electron chi connectivity index (χ3n) is 3.97. The molecule has 124 valence electrons. The highest BCUT2D eigenvalue weighted by atomic mass is 31.1. The minimum atomic E-state index is -0.309. The van der Waals surface area contributed by atoms with E-state index in [1.165, 1.54) is 16.4 Å². The molecule has 0 atom stereocenters. The number of hydrogen-bond acceptors (Lipinski definition) is 1. The molecule has 23 heavy (non-hydrogen) atoms. The van der Waals surface area contributed by atoms with Crippen LogP contribution in [-0.2, 0) is 0 Å². The van der Waals surface area contributed by atoms with Gasteiger partial charge in [-0.15, -0.1) is 0 Å². The molecule has 0 aliphatic rings. The Labute approximate surface area is 143 Å². The Morgan fingerprint density at radius 3 is 1.74 bits per heavy atom. The zero-order chi connectivity index (χ0) is 17.3. The van der Waals surface area contributed by atoms with Crippen molar-refractivity contribution in [3.63, 3.8) is 0 Å². The first-order chi connectivity index (χ1) is 10.6. The number of benzene rings is 2. The zero-order valence-corrected chi connectivity index (χ0v) is 16.5. The van der Waals surface area contributed by atoms with Gasteiger partial charge in [-0.05, 0) is 38.9 Å². The third-order valence-corrected chi connectivity index (χ3v) is 7.53. The van der Waals surface area contributed by atoms with Crippen LogP contribution >= 0.6 is 7.92 Å². The summed E-state index contributed by atoms with van der Waals surface area (Å²) in [6, 6.07) is 17.7. The molecule has 0 radical (unpaired) electrons. The average molecular weight is 327 g/mol. The largest absolute Gasteiger partial charge is 0.388 e. The molecule has 0 aromatic heterocycles. The Kier molecular flexibility index (Phi) is 5.21. The predicted octanol–water partition coefficient (Wildman–Crippen LogP) is 6.10. The van der Waals surface area contributed by atoms with Gasteiger partial charge in [0.25, 0.3) is 0 Å². The monoisotopic (exact) mass is 327 g/mol. The van der Waals surface area contributed by atoms with Crippen LogP contribution in [0.15, 0.2) is 48.5 Å². The summed E-state index contributed by atoms with van der Waals surface area (Å²) in [6.07, 6.45) is 0. The molecule has 2 aromatic rings. The van der Waals surface area contributed by atoms with Gasteiger partial charge in [-0.25, -0.2) is 0 Å². The number of rotatable bonds is 3. The predicted molar refractivity (Wildman–Crippen MR) is 107 cm³/mol. The van der Waals surface area contributed by atoms with Gasteiger partial charge in [0.2, 0.25) is 0 Å². The third kappa shape index (κ3) is 4.15. The fourth-order valence-corrected chi connectivity index (χ4v) is 7.60. The van der Waals surface area contributed by atoms with Crippen LogP contribution in [0.25, 0.3) is 11.1 Å². The van der Waals surface area contributed by atoms with Crippen LogP contribution in [0.4, 0.5) is 5.69 Å². The van der Waals surface area contributed by atoms with Gasteiger partial charge in [0.05, 0.1) is 0 Å². The molecule has 2 aromatic carbocycles. The van der Waals surface area contributed by atoms with E-state index in [4.69, 9.17) is 0 Å². The highest BCUT2D eigenvalue weighted by Crippen LogP contribution is 2.59. The van der Waals surface area contributed by atoms with Crippen molar-refractivity contribution in [1.82, 2.24) is 0 Å². The van der Waals surface area contributed by atoms with Crippen molar-refractivity contribution >= 4 is 18.9 Å². The summed E-state index contributed by atoms with van der Waals surface area (Å²) < 4.78 is 0.